The first-order valence-electron chi connectivity index (χ1n) is 5.51. The largest absolute Gasteiger partial charge is 0.456 e. The number of hydrogen-bond acceptors (Lipinski definition) is 4. The number of aromatic nitrogens is 2. The van der Waals surface area contributed by atoms with Crippen molar-refractivity contribution in [2.45, 2.75) is 6.42 Å². The van der Waals surface area contributed by atoms with E-state index in [2.05, 4.69) is 32.5 Å². The number of rotatable bonds is 4. The van der Waals surface area contributed by atoms with Crippen molar-refractivity contribution in [1.29, 1.82) is 5.26 Å². The van der Waals surface area contributed by atoms with Gasteiger partial charge in [-0.15, -0.1) is 6.58 Å². The quantitative estimate of drug-likeness (QED) is 0.808. The Morgan fingerprint density at radius 1 is 1.32 bits per heavy atom. The van der Waals surface area contributed by atoms with Crippen LogP contribution >= 0.6 is 15.9 Å². The highest BCUT2D eigenvalue weighted by molar-refractivity contribution is 9.10. The Balaban J connectivity index is 2.31. The summed E-state index contributed by atoms with van der Waals surface area (Å²) in [4.78, 5) is 8.18. The predicted molar refractivity (Wildman–Crippen MR) is 74.9 cm³/mol. The molecule has 0 amide bonds. The molecule has 2 aromatic rings. The molecule has 0 aliphatic carbocycles. The van der Waals surface area contributed by atoms with Gasteiger partial charge in [0.25, 0.3) is 0 Å². The van der Waals surface area contributed by atoms with E-state index in [1.807, 2.05) is 6.07 Å². The molecule has 0 atom stereocenters. The van der Waals surface area contributed by atoms with Crippen LogP contribution in [0.1, 0.15) is 11.4 Å². The van der Waals surface area contributed by atoms with Crippen molar-refractivity contribution in [2.75, 3.05) is 0 Å². The molecule has 0 aromatic carbocycles. The molecule has 0 aliphatic heterocycles. The fourth-order valence-corrected chi connectivity index (χ4v) is 1.86. The summed E-state index contributed by atoms with van der Waals surface area (Å²) in [7, 11) is 0. The fourth-order valence-electron chi connectivity index (χ4n) is 1.51. The summed E-state index contributed by atoms with van der Waals surface area (Å²) in [6.45, 7) is 3.66. The zero-order valence-electron chi connectivity index (χ0n) is 10.0. The number of hydrogen-bond donors (Lipinski definition) is 0. The van der Waals surface area contributed by atoms with Gasteiger partial charge in [-0.05, 0) is 22.0 Å². The summed E-state index contributed by atoms with van der Waals surface area (Å²) in [5.41, 5.74) is 1.06. The minimum atomic E-state index is 0.317. The van der Waals surface area contributed by atoms with Gasteiger partial charge >= 0.3 is 0 Å². The Morgan fingerprint density at radius 3 is 2.84 bits per heavy atom. The highest BCUT2D eigenvalue weighted by Crippen LogP contribution is 2.24. The summed E-state index contributed by atoms with van der Waals surface area (Å²) in [6, 6.07) is 7.18. The molecule has 4 nitrogen and oxygen atoms in total. The third kappa shape index (κ3) is 3.63. The van der Waals surface area contributed by atoms with Crippen molar-refractivity contribution in [3.63, 3.8) is 0 Å². The topological polar surface area (TPSA) is 58.8 Å². The molecule has 2 heterocycles. The Labute approximate surface area is 119 Å². The summed E-state index contributed by atoms with van der Waals surface area (Å²) in [5, 5.41) is 8.95. The lowest BCUT2D eigenvalue weighted by Gasteiger charge is -2.07. The van der Waals surface area contributed by atoms with E-state index in [1.165, 1.54) is 0 Å². The highest BCUT2D eigenvalue weighted by Gasteiger charge is 2.04. The maximum Gasteiger partial charge on any atom is 0.146 e. The average Bonchev–Trinajstić information content (AvgIpc) is 2.39. The molecule has 0 bridgehead atoms. The van der Waals surface area contributed by atoms with Gasteiger partial charge < -0.3 is 4.74 Å². The van der Waals surface area contributed by atoms with Gasteiger partial charge in [-0.3, -0.25) is 4.98 Å². The fraction of sp³-hybridized carbons (Fsp3) is 0.0714. The smallest absolute Gasteiger partial charge is 0.146 e. The van der Waals surface area contributed by atoms with Gasteiger partial charge in [0.1, 0.15) is 23.3 Å². The van der Waals surface area contributed by atoms with Gasteiger partial charge in [-0.1, -0.05) is 6.08 Å². The number of pyridine rings is 2. The monoisotopic (exact) mass is 315 g/mol. The van der Waals surface area contributed by atoms with Gasteiger partial charge in [0.05, 0.1) is 6.20 Å². The molecule has 19 heavy (non-hydrogen) atoms. The molecule has 0 spiro atoms. The first-order chi connectivity index (χ1) is 9.21. The predicted octanol–water partition coefficient (Wildman–Crippen LogP) is 3.63. The molecule has 0 aliphatic rings. The summed E-state index contributed by atoms with van der Waals surface area (Å²) in [6.07, 6.45) is 5.59. The second-order valence-corrected chi connectivity index (χ2v) is 4.64. The van der Waals surface area contributed by atoms with Crippen LogP contribution in [0.2, 0.25) is 0 Å². The first-order valence-corrected chi connectivity index (χ1v) is 6.31. The molecule has 2 rings (SSSR count). The highest BCUT2D eigenvalue weighted by atomic mass is 79.9. The molecule has 0 unspecified atom stereocenters. The van der Waals surface area contributed by atoms with E-state index in [-0.39, 0.29) is 0 Å². The zero-order chi connectivity index (χ0) is 13.7. The third-order valence-corrected chi connectivity index (χ3v) is 2.67. The van der Waals surface area contributed by atoms with Crippen LogP contribution in [0.25, 0.3) is 0 Å². The Morgan fingerprint density at radius 2 is 2.16 bits per heavy atom. The molecule has 0 saturated carbocycles. The van der Waals surface area contributed by atoms with Crippen LogP contribution < -0.4 is 4.74 Å². The minimum absolute atomic E-state index is 0.317. The van der Waals surface area contributed by atoms with Gasteiger partial charge in [0.15, 0.2) is 0 Å². The molecule has 0 radical (unpaired) electrons. The van der Waals surface area contributed by atoms with Crippen molar-refractivity contribution >= 4 is 15.9 Å². The summed E-state index contributed by atoms with van der Waals surface area (Å²) < 4.78 is 6.50. The molecule has 0 N–H and O–H groups in total. The summed E-state index contributed by atoms with van der Waals surface area (Å²) in [5.74, 6) is 1.15. The molecular formula is C14H10BrN3O. The number of nitrogens with zero attached hydrogens (tertiary/aromatic N) is 3. The SMILES string of the molecule is C=CCc1cc(Oc2cncc(Br)c2)cc(C#N)n1. The first kappa shape index (κ1) is 13.2. The third-order valence-electron chi connectivity index (χ3n) is 2.24. The molecule has 5 heteroatoms. The Bertz CT molecular complexity index is 649. The van der Waals surface area contributed by atoms with Crippen molar-refractivity contribution in [1.82, 2.24) is 9.97 Å². The van der Waals surface area contributed by atoms with Crippen LogP contribution in [0.3, 0.4) is 0 Å². The molecule has 2 aromatic heterocycles. The molecular weight excluding hydrogens is 306 g/mol. The maximum absolute atomic E-state index is 8.95. The lowest BCUT2D eigenvalue weighted by atomic mass is 10.2. The van der Waals surface area contributed by atoms with Crippen LogP contribution in [0.15, 0.2) is 47.7 Å². The van der Waals surface area contributed by atoms with Gasteiger partial charge in [0.2, 0.25) is 0 Å². The van der Waals surface area contributed by atoms with Crippen molar-refractivity contribution in [2.24, 2.45) is 0 Å². The number of ether oxygens (including phenoxy) is 1. The minimum Gasteiger partial charge on any atom is -0.456 e. The Hall–Kier alpha value is -2.19. The van der Waals surface area contributed by atoms with Gasteiger partial charge in [-0.2, -0.15) is 5.26 Å². The number of allylic oxidation sites excluding steroid dienone is 1. The standard InChI is InChI=1S/C14H10BrN3O/c1-2-3-11-5-13(6-12(7-16)18-11)19-14-4-10(15)8-17-9-14/h2,4-6,8-9H,1,3H2. The average molecular weight is 316 g/mol. The van der Waals surface area contributed by atoms with E-state index in [0.717, 1.165) is 10.2 Å². The van der Waals surface area contributed by atoms with Crippen molar-refractivity contribution in [3.8, 4) is 17.6 Å². The zero-order valence-corrected chi connectivity index (χ0v) is 11.6. The summed E-state index contributed by atoms with van der Waals surface area (Å²) >= 11 is 3.32. The van der Waals surface area contributed by atoms with Crippen molar-refractivity contribution in [3.05, 3.63) is 59.1 Å². The Kier molecular flexibility index (Phi) is 4.26. The van der Waals surface area contributed by atoms with Gasteiger partial charge in [0, 0.05) is 34.9 Å². The second-order valence-electron chi connectivity index (χ2n) is 3.72. The van der Waals surface area contributed by atoms with E-state index in [0.29, 0.717) is 23.6 Å². The van der Waals surface area contributed by atoms with Gasteiger partial charge in [-0.25, -0.2) is 4.98 Å². The number of nitriles is 1. The van der Waals surface area contributed by atoms with Crippen LogP contribution in [0.4, 0.5) is 0 Å². The van der Waals surface area contributed by atoms with E-state index >= 15 is 0 Å². The molecule has 0 fully saturated rings. The van der Waals surface area contributed by atoms with Crippen LogP contribution in [-0.4, -0.2) is 9.97 Å². The maximum atomic E-state index is 8.95. The molecule has 94 valence electrons. The van der Waals surface area contributed by atoms with E-state index in [9.17, 15) is 0 Å². The lowest BCUT2D eigenvalue weighted by molar-refractivity contribution is 0.478. The number of halogens is 1. The van der Waals surface area contributed by atoms with Crippen LogP contribution in [-0.2, 0) is 6.42 Å². The normalized spacial score (nSPS) is 9.68. The van der Waals surface area contributed by atoms with Crippen molar-refractivity contribution < 1.29 is 4.74 Å². The lowest BCUT2D eigenvalue weighted by Crippen LogP contribution is -1.94. The molecule has 0 saturated heterocycles. The van der Waals surface area contributed by atoms with E-state index in [1.54, 1.807) is 36.7 Å². The second kappa shape index (κ2) is 6.12. The van der Waals surface area contributed by atoms with E-state index < -0.39 is 0 Å². The van der Waals surface area contributed by atoms with E-state index in [4.69, 9.17) is 10.00 Å². The van der Waals surface area contributed by atoms with Crippen LogP contribution in [0, 0.1) is 11.3 Å². The van der Waals surface area contributed by atoms with Crippen LogP contribution in [0.5, 0.6) is 11.5 Å².